The monoisotopic (exact) mass is 689 g/mol. The van der Waals surface area contributed by atoms with Gasteiger partial charge in [0.05, 0.1) is 25.4 Å². The molecule has 2 aromatic rings. The van der Waals surface area contributed by atoms with E-state index in [-0.39, 0.29) is 48.1 Å². The molecular weight excluding hydrogens is 659 g/mol. The molecule has 0 spiro atoms. The van der Waals surface area contributed by atoms with Crippen LogP contribution in [0.25, 0.3) is 0 Å². The molecule has 0 bridgehead atoms. The normalized spacial score (nSPS) is 15.3. The Hall–Kier alpha value is -2.07. The zero-order valence-corrected chi connectivity index (χ0v) is 25.6. The molecule has 43 heavy (non-hydrogen) atoms. The Morgan fingerprint density at radius 2 is 1.16 bits per heavy atom. The molecule has 2 aromatic carbocycles. The van der Waals surface area contributed by atoms with Crippen molar-refractivity contribution < 1.29 is 70.7 Å². The molecule has 246 valence electrons. The van der Waals surface area contributed by atoms with Crippen LogP contribution in [0.3, 0.4) is 0 Å². The Morgan fingerprint density at radius 1 is 0.767 bits per heavy atom. The number of non-ortho nitro benzene ring substituents is 2. The second kappa shape index (κ2) is 14.4. The summed E-state index contributed by atoms with van der Waals surface area (Å²) in [4.78, 5) is 16.1. The van der Waals surface area contributed by atoms with Crippen molar-refractivity contribution in [2.75, 3.05) is 5.75 Å². The maximum atomic E-state index is 14.1. The Kier molecular flexibility index (Phi) is 15.1. The van der Waals surface area contributed by atoms with E-state index >= 15 is 0 Å². The van der Waals surface area contributed by atoms with Crippen LogP contribution in [0.15, 0.2) is 69.8 Å². The third-order valence-corrected chi connectivity index (χ3v) is 10.3. The van der Waals surface area contributed by atoms with Crippen LogP contribution in [0.2, 0.25) is 0 Å². The van der Waals surface area contributed by atoms with Crippen molar-refractivity contribution in [3.05, 3.63) is 80.2 Å². The van der Waals surface area contributed by atoms with Crippen LogP contribution < -0.4 is 18.9 Å². The molecule has 0 aromatic heterocycles. The van der Waals surface area contributed by atoms with Crippen LogP contribution in [0, 0.1) is 20.2 Å². The molecule has 0 saturated heterocycles. The Morgan fingerprint density at radius 3 is 1.51 bits per heavy atom. The standard InChI is InChI=1S/C12H16ClF4NO2S.C11H13F4NO2S.Li.2H2O/c1-2-3-4-10(13)9-21(14,15,16,17)12-7-5-11(6-8-12)18(19)20;1-2-3-4-9-19(12,13,14,15)11-7-5-10(6-8-11)16(17)18;;;/h5-8,10H,2-4,9H2,1H3;4-9H,2-3H2,1H3;;2*1H2/q;;+1;;/p-2/b;9-4+;;;. The summed E-state index contributed by atoms with van der Waals surface area (Å²) in [5.74, 6) is -1.74. The molecule has 0 amide bonds. The van der Waals surface area contributed by atoms with E-state index in [0.717, 1.165) is 6.08 Å². The zero-order valence-electron chi connectivity index (χ0n) is 23.2. The van der Waals surface area contributed by atoms with Crippen molar-refractivity contribution in [3.8, 4) is 0 Å². The van der Waals surface area contributed by atoms with Crippen LogP contribution >= 0.6 is 31.3 Å². The van der Waals surface area contributed by atoms with E-state index in [4.69, 9.17) is 11.6 Å². The molecule has 0 aliphatic carbocycles. The molecule has 2 rings (SSSR count). The summed E-state index contributed by atoms with van der Waals surface area (Å²) in [7, 11) is -17.0. The van der Waals surface area contributed by atoms with Gasteiger partial charge in [-0.3, -0.25) is 20.2 Å². The quantitative estimate of drug-likeness (QED) is 0.0718. The maximum absolute atomic E-state index is 14.1. The fraction of sp³-hybridized carbons (Fsp3) is 0.391. The summed E-state index contributed by atoms with van der Waals surface area (Å²) in [5, 5.41) is 19.1. The number of hydrogen-bond donors (Lipinski definition) is 0. The van der Waals surface area contributed by atoms with E-state index in [9.17, 15) is 51.3 Å². The Labute approximate surface area is 259 Å². The van der Waals surface area contributed by atoms with Gasteiger partial charge in [-0.2, -0.15) is 0 Å². The fourth-order valence-electron chi connectivity index (χ4n) is 3.20. The zero-order chi connectivity index (χ0) is 31.2. The van der Waals surface area contributed by atoms with Gasteiger partial charge in [0.1, 0.15) is 0 Å². The van der Waals surface area contributed by atoms with Crippen molar-refractivity contribution in [1.29, 1.82) is 0 Å². The Bertz CT molecular complexity index is 1260. The predicted octanol–water partition coefficient (Wildman–Crippen LogP) is 8.50. The number of hydrogen-bond acceptors (Lipinski definition) is 6. The number of benzene rings is 2. The van der Waals surface area contributed by atoms with Gasteiger partial charge in [0.25, 0.3) is 11.4 Å². The first-order valence-electron chi connectivity index (χ1n) is 11.7. The van der Waals surface area contributed by atoms with Crippen LogP contribution in [0.5, 0.6) is 0 Å². The molecule has 0 heterocycles. The van der Waals surface area contributed by atoms with Crippen molar-refractivity contribution in [3.63, 3.8) is 0 Å². The second-order valence-corrected chi connectivity index (χ2v) is 15.9. The summed E-state index contributed by atoms with van der Waals surface area (Å²) in [6, 6.07) is 4.17. The second-order valence-electron chi connectivity index (χ2n) is 8.94. The van der Waals surface area contributed by atoms with Gasteiger partial charge < -0.3 is 11.0 Å². The largest absolute Gasteiger partial charge is 1.00 e. The number of unbranched alkanes of at least 4 members (excludes halogenated alkanes) is 2. The molecule has 8 nitrogen and oxygen atoms in total. The van der Waals surface area contributed by atoms with Gasteiger partial charge in [0.15, 0.2) is 9.84 Å². The average molecular weight is 690 g/mol. The molecule has 0 radical (unpaired) electrons. The number of nitro groups is 2. The van der Waals surface area contributed by atoms with E-state index in [0.29, 0.717) is 67.8 Å². The van der Waals surface area contributed by atoms with E-state index in [1.807, 2.05) is 0 Å². The third kappa shape index (κ3) is 13.6. The van der Waals surface area contributed by atoms with Crippen LogP contribution in [-0.4, -0.2) is 31.9 Å². The SMILES string of the molecule is CCC/C=C/S(F)(F)(F)(F)c1ccc([N+](=O)[O-])cc1.CCCCC(Cl)CS(F)(F)(F)(F)c1ccc([N+](=O)[O-])cc1.[Li+].[OH-].[OH-]. The predicted molar refractivity (Wildman–Crippen MR) is 149 cm³/mol. The minimum Gasteiger partial charge on any atom is -0.870 e. The number of allylic oxidation sites excluding steroid dienone is 1. The van der Waals surface area contributed by atoms with Crippen LogP contribution in [0.1, 0.15) is 46.0 Å². The average Bonchev–Trinajstić information content (AvgIpc) is 2.82. The molecule has 0 aliphatic heterocycles. The number of rotatable bonds is 12. The molecular formula is C23H31ClF8LiN2O6S2-. The number of nitro benzene ring substituents is 2. The summed E-state index contributed by atoms with van der Waals surface area (Å²) < 4.78 is 111. The van der Waals surface area contributed by atoms with Crippen molar-refractivity contribution >= 4 is 42.7 Å². The van der Waals surface area contributed by atoms with E-state index in [1.54, 1.807) is 13.8 Å². The summed E-state index contributed by atoms with van der Waals surface area (Å²) in [6.45, 7) is 3.47. The minimum atomic E-state index is -8.53. The smallest absolute Gasteiger partial charge is 0.870 e. The topological polar surface area (TPSA) is 146 Å². The Balaban J connectivity index is -0.000000698. The summed E-state index contributed by atoms with van der Waals surface area (Å²) >= 11 is 5.62. The van der Waals surface area contributed by atoms with Gasteiger partial charge in [-0.25, -0.2) is 0 Å². The molecule has 0 fully saturated rings. The summed E-state index contributed by atoms with van der Waals surface area (Å²) in [6.07, 6.45) is 2.51. The molecule has 0 aliphatic rings. The van der Waals surface area contributed by atoms with Crippen molar-refractivity contribution in [2.24, 2.45) is 0 Å². The molecule has 1 atom stereocenters. The van der Waals surface area contributed by atoms with Gasteiger partial charge in [-0.05, 0) is 37.1 Å². The number of alkyl halides is 1. The molecule has 2 N–H and O–H groups in total. The van der Waals surface area contributed by atoms with Crippen LogP contribution in [0.4, 0.5) is 42.5 Å². The molecule has 1 unspecified atom stereocenters. The van der Waals surface area contributed by atoms with Gasteiger partial charge >= 0.3 is 18.9 Å². The first-order valence-corrected chi connectivity index (χ1v) is 16.4. The van der Waals surface area contributed by atoms with E-state index in [2.05, 4.69) is 0 Å². The van der Waals surface area contributed by atoms with Crippen LogP contribution in [-0.2, 0) is 0 Å². The fourth-order valence-corrected chi connectivity index (χ4v) is 7.32. The van der Waals surface area contributed by atoms with Gasteiger partial charge in [-0.1, -0.05) is 39.2 Å². The van der Waals surface area contributed by atoms with Gasteiger partial charge in [0.2, 0.25) is 9.84 Å². The first kappa shape index (κ1) is 45.4. The van der Waals surface area contributed by atoms with E-state index in [1.165, 1.54) is 0 Å². The molecule has 20 heteroatoms. The minimum absolute atomic E-state index is 0. The van der Waals surface area contributed by atoms with Gasteiger partial charge in [-0.15, -0.1) is 42.7 Å². The third-order valence-electron chi connectivity index (χ3n) is 5.32. The number of halogens is 9. The first-order chi connectivity index (χ1) is 17.9. The summed E-state index contributed by atoms with van der Waals surface area (Å²) in [5.41, 5.74) is -1.05. The van der Waals surface area contributed by atoms with Crippen molar-refractivity contribution in [2.45, 2.75) is 61.1 Å². The van der Waals surface area contributed by atoms with E-state index < -0.39 is 61.8 Å². The van der Waals surface area contributed by atoms with Crippen molar-refractivity contribution in [1.82, 2.24) is 0 Å². The number of nitrogens with zero attached hydrogens (tertiary/aromatic N) is 2. The maximum Gasteiger partial charge on any atom is 1.00 e. The van der Waals surface area contributed by atoms with Gasteiger partial charge in [0, 0.05) is 35.1 Å². The molecule has 0 saturated carbocycles.